The first-order chi connectivity index (χ1) is 7.51. The molecule has 0 atom stereocenters. The van der Waals surface area contributed by atoms with Gasteiger partial charge in [-0.2, -0.15) is 0 Å². The lowest BCUT2D eigenvalue weighted by Gasteiger charge is -2.03. The second kappa shape index (κ2) is 6.31. The number of rotatable bonds is 2. The minimum absolute atomic E-state index is 0.368. The van der Waals surface area contributed by atoms with Crippen LogP contribution in [0, 0.1) is 6.92 Å². The third-order valence-electron chi connectivity index (χ3n) is 1.48. The molecule has 17 heavy (non-hydrogen) atoms. The molecule has 0 heterocycles. The molecule has 0 fully saturated rings. The van der Waals surface area contributed by atoms with Crippen LogP contribution in [0.2, 0.25) is 0 Å². The van der Waals surface area contributed by atoms with Crippen molar-refractivity contribution in [1.82, 2.24) is 0 Å². The Labute approximate surface area is 98.1 Å². The highest BCUT2D eigenvalue weighted by molar-refractivity contribution is 7.69. The van der Waals surface area contributed by atoms with Crippen LogP contribution in [0.15, 0.2) is 24.3 Å². The maximum absolute atomic E-state index is 9.85. The van der Waals surface area contributed by atoms with Crippen molar-refractivity contribution in [1.29, 1.82) is 0 Å². The largest absolute Gasteiger partial charge is 0.508 e. The van der Waals surface area contributed by atoms with Crippen LogP contribution in [-0.4, -0.2) is 30.6 Å². The quantitative estimate of drug-likeness (QED) is 0.511. The predicted octanol–water partition coefficient (Wildman–Crippen LogP) is 1.000. The fraction of sp³-hybridized carbons (Fsp3) is 0.250. The Kier molecular flexibility index (Phi) is 6.05. The van der Waals surface area contributed by atoms with Gasteiger partial charge < -0.3 is 24.7 Å². The van der Waals surface area contributed by atoms with Crippen molar-refractivity contribution in [3.05, 3.63) is 29.8 Å². The topological polar surface area (TPSA) is 135 Å². The van der Waals surface area contributed by atoms with Gasteiger partial charge in [-0.05, 0) is 18.6 Å². The van der Waals surface area contributed by atoms with Crippen molar-refractivity contribution < 1.29 is 33.8 Å². The van der Waals surface area contributed by atoms with E-state index in [0.717, 1.165) is 5.56 Å². The van der Waals surface area contributed by atoms with E-state index in [9.17, 15) is 9.13 Å². The Morgan fingerprint density at radius 3 is 1.59 bits per heavy atom. The normalized spacial score (nSPS) is 11.6. The summed E-state index contributed by atoms with van der Waals surface area (Å²) in [6.07, 6.45) is 0. The summed E-state index contributed by atoms with van der Waals surface area (Å²) < 4.78 is 19.7. The molecule has 0 amide bonds. The minimum atomic E-state index is -4.55. The van der Waals surface area contributed by atoms with Crippen LogP contribution in [0.25, 0.3) is 0 Å². The SMILES string of the molecule is Cc1ccccc1O.O=P(O)(O)CP(=O)(O)O. The fourth-order valence-corrected chi connectivity index (χ4v) is 2.72. The number of benzene rings is 1. The predicted molar refractivity (Wildman–Crippen MR) is 61.8 cm³/mol. The molecule has 0 aliphatic rings. The van der Waals surface area contributed by atoms with Crippen LogP contribution in [0.4, 0.5) is 0 Å². The Balaban J connectivity index is 0.000000302. The molecular formula is C8H14O7P2. The number of hydrogen-bond acceptors (Lipinski definition) is 3. The molecule has 0 spiro atoms. The van der Waals surface area contributed by atoms with Gasteiger partial charge in [0.2, 0.25) is 0 Å². The number of aromatic hydroxyl groups is 1. The molecule has 0 saturated heterocycles. The number of phenolic OH excluding ortho intramolecular Hbond substituents is 1. The molecule has 1 aromatic rings. The summed E-state index contributed by atoms with van der Waals surface area (Å²) in [6, 6.07) is 7.25. The van der Waals surface area contributed by atoms with E-state index < -0.39 is 21.1 Å². The third kappa shape index (κ3) is 10.2. The van der Waals surface area contributed by atoms with Crippen molar-refractivity contribution in [3.63, 3.8) is 0 Å². The molecule has 0 aromatic heterocycles. The summed E-state index contributed by atoms with van der Waals surface area (Å²) in [6.45, 7) is 1.87. The third-order valence-corrected chi connectivity index (χ3v) is 4.43. The molecule has 5 N–H and O–H groups in total. The van der Waals surface area contributed by atoms with Gasteiger partial charge in [-0.3, -0.25) is 9.13 Å². The minimum Gasteiger partial charge on any atom is -0.508 e. The van der Waals surface area contributed by atoms with Gasteiger partial charge in [0.25, 0.3) is 0 Å². The van der Waals surface area contributed by atoms with Crippen molar-refractivity contribution in [3.8, 4) is 5.75 Å². The van der Waals surface area contributed by atoms with Gasteiger partial charge in [0, 0.05) is 0 Å². The molecule has 7 nitrogen and oxygen atoms in total. The number of aryl methyl sites for hydroxylation is 1. The molecule has 1 aromatic carbocycles. The zero-order valence-corrected chi connectivity index (χ0v) is 10.8. The van der Waals surface area contributed by atoms with E-state index in [2.05, 4.69) is 0 Å². The smallest absolute Gasteiger partial charge is 0.337 e. The van der Waals surface area contributed by atoms with E-state index in [-0.39, 0.29) is 0 Å². The van der Waals surface area contributed by atoms with Crippen LogP contribution in [0.3, 0.4) is 0 Å². The van der Waals surface area contributed by atoms with Crippen LogP contribution in [-0.2, 0) is 9.13 Å². The molecule has 98 valence electrons. The van der Waals surface area contributed by atoms with Crippen LogP contribution in [0.1, 0.15) is 5.56 Å². The monoisotopic (exact) mass is 284 g/mol. The van der Waals surface area contributed by atoms with Gasteiger partial charge in [0.05, 0.1) is 0 Å². The molecule has 1 rings (SSSR count). The van der Waals surface area contributed by atoms with Crippen LogP contribution < -0.4 is 0 Å². The number of hydrogen-bond donors (Lipinski definition) is 5. The van der Waals surface area contributed by atoms with Crippen molar-refractivity contribution in [2.45, 2.75) is 6.92 Å². The molecule has 0 aliphatic heterocycles. The molecular weight excluding hydrogens is 270 g/mol. The van der Waals surface area contributed by atoms with Gasteiger partial charge in [0.15, 0.2) is 5.90 Å². The highest BCUT2D eigenvalue weighted by Crippen LogP contribution is 2.51. The lowest BCUT2D eigenvalue weighted by Crippen LogP contribution is -1.88. The first-order valence-electron chi connectivity index (χ1n) is 4.35. The van der Waals surface area contributed by atoms with Crippen molar-refractivity contribution in [2.24, 2.45) is 0 Å². The second-order valence-corrected chi connectivity index (χ2v) is 7.05. The summed E-state index contributed by atoms with van der Waals surface area (Å²) in [5.74, 6) is -1.01. The summed E-state index contributed by atoms with van der Waals surface area (Å²) in [5.41, 5.74) is 0.924. The van der Waals surface area contributed by atoms with Crippen molar-refractivity contribution >= 4 is 15.2 Å². The Morgan fingerprint density at radius 2 is 1.41 bits per heavy atom. The lowest BCUT2D eigenvalue weighted by molar-refractivity contribution is 0.357. The van der Waals surface area contributed by atoms with Gasteiger partial charge >= 0.3 is 15.2 Å². The molecule has 0 bridgehead atoms. The molecule has 0 radical (unpaired) electrons. The summed E-state index contributed by atoms with van der Waals surface area (Å²) in [5, 5.41) is 8.92. The summed E-state index contributed by atoms with van der Waals surface area (Å²) >= 11 is 0. The van der Waals surface area contributed by atoms with E-state index in [1.54, 1.807) is 6.07 Å². The van der Waals surface area contributed by atoms with Crippen LogP contribution in [0.5, 0.6) is 5.75 Å². The van der Waals surface area contributed by atoms with E-state index in [0.29, 0.717) is 5.75 Å². The first-order valence-corrected chi connectivity index (χ1v) is 7.94. The molecule has 0 saturated carbocycles. The average Bonchev–Trinajstić information content (AvgIpc) is 2.04. The van der Waals surface area contributed by atoms with Gasteiger partial charge in [-0.15, -0.1) is 0 Å². The van der Waals surface area contributed by atoms with E-state index in [4.69, 9.17) is 24.7 Å². The maximum atomic E-state index is 9.85. The van der Waals surface area contributed by atoms with Crippen LogP contribution >= 0.6 is 15.2 Å². The maximum Gasteiger partial charge on any atom is 0.337 e. The zero-order chi connectivity index (χ0) is 13.7. The Hall–Kier alpha value is -0.680. The fourth-order valence-electron chi connectivity index (χ4n) is 0.803. The van der Waals surface area contributed by atoms with Gasteiger partial charge in [-0.1, -0.05) is 18.2 Å². The first kappa shape index (κ1) is 16.3. The summed E-state index contributed by atoms with van der Waals surface area (Å²) in [7, 11) is -9.10. The number of phenols is 1. The Morgan fingerprint density at radius 1 is 1.00 bits per heavy atom. The van der Waals surface area contributed by atoms with E-state index in [1.807, 2.05) is 25.1 Å². The van der Waals surface area contributed by atoms with E-state index >= 15 is 0 Å². The molecule has 0 unspecified atom stereocenters. The highest BCUT2D eigenvalue weighted by Gasteiger charge is 2.26. The second-order valence-electron chi connectivity index (χ2n) is 3.26. The van der Waals surface area contributed by atoms with Gasteiger partial charge in [0.1, 0.15) is 5.75 Å². The highest BCUT2D eigenvalue weighted by atomic mass is 31.2. The zero-order valence-electron chi connectivity index (χ0n) is 8.96. The van der Waals surface area contributed by atoms with E-state index in [1.165, 1.54) is 0 Å². The standard InChI is InChI=1S/C7H8O.CH6O6P2/c1-6-4-2-3-5-7(6)8;2-8(3,4)1-9(5,6)7/h2-5,8H,1H3;1H2,(H2,2,3,4)(H2,5,6,7). The molecule has 0 aliphatic carbocycles. The van der Waals surface area contributed by atoms with Gasteiger partial charge in [-0.25, -0.2) is 0 Å². The average molecular weight is 284 g/mol. The Bertz CT molecular complexity index is 406. The number of para-hydroxylation sites is 1. The lowest BCUT2D eigenvalue weighted by atomic mass is 10.2. The summed E-state index contributed by atoms with van der Waals surface area (Å²) in [4.78, 5) is 31.9. The molecule has 9 heteroatoms. The van der Waals surface area contributed by atoms with Crippen molar-refractivity contribution in [2.75, 3.05) is 5.90 Å².